The van der Waals surface area contributed by atoms with Gasteiger partial charge in [-0.15, -0.1) is 0 Å². The summed E-state index contributed by atoms with van der Waals surface area (Å²) < 4.78 is 0. The van der Waals surface area contributed by atoms with Crippen molar-refractivity contribution >= 4 is 28.5 Å². The first-order chi connectivity index (χ1) is 12.1. The lowest BCUT2D eigenvalue weighted by Gasteiger charge is -2.19. The van der Waals surface area contributed by atoms with Gasteiger partial charge in [-0.25, -0.2) is 9.97 Å². The highest BCUT2D eigenvalue weighted by Gasteiger charge is 2.28. The average molecular weight is 348 g/mol. The molecule has 0 spiro atoms. The van der Waals surface area contributed by atoms with E-state index in [-0.39, 0.29) is 27.8 Å². The Kier molecular flexibility index (Phi) is 4.22. The van der Waals surface area contributed by atoms with Gasteiger partial charge in [0, 0.05) is 6.54 Å². The van der Waals surface area contributed by atoms with E-state index in [0.29, 0.717) is 12.4 Å². The number of nitriles is 3. The van der Waals surface area contributed by atoms with Crippen LogP contribution in [-0.4, -0.2) is 16.5 Å². The van der Waals surface area contributed by atoms with Crippen LogP contribution in [0.2, 0.25) is 5.15 Å². The number of anilines is 2. The van der Waals surface area contributed by atoms with Gasteiger partial charge in [-0.2, -0.15) is 15.8 Å². The van der Waals surface area contributed by atoms with Crippen LogP contribution in [0.5, 0.6) is 0 Å². The number of para-hydroxylation sites is 2. The SMILES string of the molecule is CCN1/C(=C(/C#N)c2nc(C#N)c(C#N)nc2Cl)Nc2ccccc21. The van der Waals surface area contributed by atoms with Crippen LogP contribution in [0.4, 0.5) is 11.4 Å². The molecule has 8 heteroatoms. The third-order valence-corrected chi connectivity index (χ3v) is 3.95. The predicted octanol–water partition coefficient (Wildman–Crippen LogP) is 3.02. The molecular formula is C17H10ClN7. The second kappa shape index (κ2) is 6.49. The molecule has 1 aromatic carbocycles. The third-order valence-electron chi connectivity index (χ3n) is 3.68. The molecule has 0 atom stereocenters. The largest absolute Gasteiger partial charge is 0.339 e. The van der Waals surface area contributed by atoms with Crippen molar-refractivity contribution in [3.8, 4) is 18.2 Å². The number of aromatic nitrogens is 2. The zero-order valence-corrected chi connectivity index (χ0v) is 13.8. The van der Waals surface area contributed by atoms with E-state index in [1.54, 1.807) is 12.1 Å². The number of hydrogen-bond donors (Lipinski definition) is 1. The highest BCUT2D eigenvalue weighted by molar-refractivity contribution is 6.31. The zero-order valence-electron chi connectivity index (χ0n) is 13.1. The van der Waals surface area contributed by atoms with E-state index >= 15 is 0 Å². The monoisotopic (exact) mass is 347 g/mol. The van der Waals surface area contributed by atoms with E-state index in [4.69, 9.17) is 22.1 Å². The molecule has 3 rings (SSSR count). The van der Waals surface area contributed by atoms with E-state index < -0.39 is 0 Å². The Morgan fingerprint density at radius 2 is 1.84 bits per heavy atom. The molecule has 120 valence electrons. The molecular weight excluding hydrogens is 338 g/mol. The van der Waals surface area contributed by atoms with Crippen molar-refractivity contribution in [3.63, 3.8) is 0 Å². The molecule has 1 aromatic heterocycles. The Bertz CT molecular complexity index is 1020. The Hall–Kier alpha value is -3.60. The molecule has 0 saturated heterocycles. The molecule has 0 aliphatic carbocycles. The van der Waals surface area contributed by atoms with Crippen LogP contribution in [-0.2, 0) is 0 Å². The van der Waals surface area contributed by atoms with Crippen molar-refractivity contribution in [2.24, 2.45) is 0 Å². The van der Waals surface area contributed by atoms with E-state index in [1.807, 2.05) is 36.1 Å². The van der Waals surface area contributed by atoms with Crippen molar-refractivity contribution in [1.29, 1.82) is 15.8 Å². The normalized spacial score (nSPS) is 14.0. The maximum atomic E-state index is 9.70. The van der Waals surface area contributed by atoms with Gasteiger partial charge in [0.2, 0.25) is 0 Å². The van der Waals surface area contributed by atoms with E-state index in [1.165, 1.54) is 0 Å². The molecule has 1 N–H and O–H groups in total. The maximum Gasteiger partial charge on any atom is 0.178 e. The highest BCUT2D eigenvalue weighted by atomic mass is 35.5. The summed E-state index contributed by atoms with van der Waals surface area (Å²) in [7, 11) is 0. The first-order valence-corrected chi connectivity index (χ1v) is 7.68. The highest BCUT2D eigenvalue weighted by Crippen LogP contribution is 2.39. The maximum absolute atomic E-state index is 9.70. The minimum absolute atomic E-state index is 0.0634. The lowest BCUT2D eigenvalue weighted by atomic mass is 10.2. The van der Waals surface area contributed by atoms with Gasteiger partial charge in [0.1, 0.15) is 35.3 Å². The van der Waals surface area contributed by atoms with Crippen LogP contribution in [0.3, 0.4) is 0 Å². The van der Waals surface area contributed by atoms with Crippen LogP contribution < -0.4 is 10.2 Å². The van der Waals surface area contributed by atoms with Crippen LogP contribution in [0.1, 0.15) is 24.0 Å². The Morgan fingerprint density at radius 3 is 2.48 bits per heavy atom. The summed E-state index contributed by atoms with van der Waals surface area (Å²) in [5.41, 5.74) is 1.64. The molecule has 0 radical (unpaired) electrons. The van der Waals surface area contributed by atoms with Gasteiger partial charge in [-0.1, -0.05) is 23.7 Å². The number of hydrogen-bond acceptors (Lipinski definition) is 7. The molecule has 0 bridgehead atoms. The Balaban J connectivity index is 2.23. The molecule has 0 unspecified atom stereocenters. The van der Waals surface area contributed by atoms with Gasteiger partial charge in [-0.3, -0.25) is 0 Å². The fraction of sp³-hybridized carbons (Fsp3) is 0.118. The van der Waals surface area contributed by atoms with Crippen LogP contribution >= 0.6 is 11.6 Å². The minimum Gasteiger partial charge on any atom is -0.339 e. The van der Waals surface area contributed by atoms with Crippen molar-refractivity contribution in [1.82, 2.24) is 9.97 Å². The fourth-order valence-electron chi connectivity index (χ4n) is 2.60. The van der Waals surface area contributed by atoms with Crippen LogP contribution in [0, 0.1) is 34.0 Å². The van der Waals surface area contributed by atoms with Crippen molar-refractivity contribution in [3.05, 3.63) is 52.3 Å². The number of fused-ring (bicyclic) bond motifs is 1. The van der Waals surface area contributed by atoms with E-state index in [9.17, 15) is 5.26 Å². The van der Waals surface area contributed by atoms with E-state index in [2.05, 4.69) is 21.4 Å². The molecule has 0 saturated carbocycles. The molecule has 2 heterocycles. The van der Waals surface area contributed by atoms with Gasteiger partial charge in [0.05, 0.1) is 11.4 Å². The summed E-state index contributed by atoms with van der Waals surface area (Å²) in [4.78, 5) is 9.89. The molecule has 0 amide bonds. The summed E-state index contributed by atoms with van der Waals surface area (Å²) in [5.74, 6) is 0.510. The predicted molar refractivity (Wildman–Crippen MR) is 92.1 cm³/mol. The van der Waals surface area contributed by atoms with Crippen LogP contribution in [0.25, 0.3) is 5.57 Å². The van der Waals surface area contributed by atoms with Gasteiger partial charge in [0.25, 0.3) is 0 Å². The van der Waals surface area contributed by atoms with Crippen molar-refractivity contribution in [2.75, 3.05) is 16.8 Å². The average Bonchev–Trinajstić information content (AvgIpc) is 3.01. The number of halogens is 1. The first-order valence-electron chi connectivity index (χ1n) is 7.30. The number of nitrogens with one attached hydrogen (secondary N) is 1. The first kappa shape index (κ1) is 16.3. The number of rotatable bonds is 2. The summed E-state index contributed by atoms with van der Waals surface area (Å²) in [6.07, 6.45) is 0. The topological polar surface area (TPSA) is 112 Å². The standard InChI is InChI=1S/C17H10ClN7/c1-2-25-14-6-4-3-5-11(14)24-17(25)10(7-19)15-16(18)23-13(9-21)12(8-20)22-15/h3-6,24H,2H2,1H3/b17-10-. The lowest BCUT2D eigenvalue weighted by molar-refractivity contribution is 0.989. The van der Waals surface area contributed by atoms with Gasteiger partial charge >= 0.3 is 0 Å². The van der Waals surface area contributed by atoms with Crippen molar-refractivity contribution in [2.45, 2.75) is 6.92 Å². The second-order valence-electron chi connectivity index (χ2n) is 5.01. The summed E-state index contributed by atoms with van der Waals surface area (Å²) in [6.45, 7) is 2.56. The Labute approximate surface area is 149 Å². The zero-order chi connectivity index (χ0) is 18.0. The second-order valence-corrected chi connectivity index (χ2v) is 5.36. The van der Waals surface area contributed by atoms with Crippen molar-refractivity contribution < 1.29 is 0 Å². The number of allylic oxidation sites excluding steroid dienone is 1. The van der Waals surface area contributed by atoms with Crippen LogP contribution in [0.15, 0.2) is 30.1 Å². The van der Waals surface area contributed by atoms with E-state index in [0.717, 1.165) is 11.4 Å². The number of nitrogens with zero attached hydrogens (tertiary/aromatic N) is 6. The Morgan fingerprint density at radius 1 is 1.16 bits per heavy atom. The molecule has 25 heavy (non-hydrogen) atoms. The third kappa shape index (κ3) is 2.61. The fourth-order valence-corrected chi connectivity index (χ4v) is 2.83. The molecule has 0 fully saturated rings. The minimum atomic E-state index is -0.173. The molecule has 2 aromatic rings. The van der Waals surface area contributed by atoms with Gasteiger partial charge < -0.3 is 10.2 Å². The molecule has 1 aliphatic heterocycles. The molecule has 1 aliphatic rings. The molecule has 7 nitrogen and oxygen atoms in total. The summed E-state index contributed by atoms with van der Waals surface area (Å²) in [5, 5.41) is 30.9. The van der Waals surface area contributed by atoms with Gasteiger partial charge in [-0.05, 0) is 19.1 Å². The summed E-state index contributed by atoms with van der Waals surface area (Å²) >= 11 is 6.13. The number of benzene rings is 1. The smallest absolute Gasteiger partial charge is 0.178 e. The summed E-state index contributed by atoms with van der Waals surface area (Å²) in [6, 6.07) is 13.3. The lowest BCUT2D eigenvalue weighted by Crippen LogP contribution is -2.22. The quantitative estimate of drug-likeness (QED) is 0.830. The van der Waals surface area contributed by atoms with Gasteiger partial charge in [0.15, 0.2) is 16.5 Å².